The Kier molecular flexibility index (Phi) is 2.05. The van der Waals surface area contributed by atoms with Crippen molar-refractivity contribution in [3.05, 3.63) is 29.8 Å². The molecule has 13 heavy (non-hydrogen) atoms. The summed E-state index contributed by atoms with van der Waals surface area (Å²) in [6.45, 7) is 0. The molecule has 1 aromatic carbocycles. The summed E-state index contributed by atoms with van der Waals surface area (Å²) in [6, 6.07) is 8.15. The van der Waals surface area contributed by atoms with Crippen molar-refractivity contribution in [3.63, 3.8) is 0 Å². The fourth-order valence-corrected chi connectivity index (χ4v) is 1.86. The second-order valence-corrected chi connectivity index (χ2v) is 3.41. The summed E-state index contributed by atoms with van der Waals surface area (Å²) in [7, 11) is 1.95. The van der Waals surface area contributed by atoms with Gasteiger partial charge in [-0.15, -0.1) is 0 Å². The molecule has 1 heterocycles. The number of para-hydroxylation sites is 1. The minimum Gasteiger partial charge on any atom is -0.364 e. The minimum absolute atomic E-state index is 0.0603. The zero-order valence-corrected chi connectivity index (χ0v) is 7.66. The van der Waals surface area contributed by atoms with Crippen molar-refractivity contribution in [1.29, 1.82) is 0 Å². The van der Waals surface area contributed by atoms with Crippen LogP contribution in [0.25, 0.3) is 0 Å². The molecule has 1 atom stereocenters. The molecule has 1 aliphatic heterocycles. The van der Waals surface area contributed by atoms with Gasteiger partial charge in [-0.25, -0.2) is 0 Å². The van der Waals surface area contributed by atoms with E-state index in [2.05, 4.69) is 18.4 Å². The lowest BCUT2D eigenvalue weighted by Gasteiger charge is -2.32. The van der Waals surface area contributed by atoms with Gasteiger partial charge in [0.1, 0.15) is 0 Å². The average Bonchev–Trinajstić information content (AvgIpc) is 2.19. The fourth-order valence-electron chi connectivity index (χ4n) is 1.86. The van der Waals surface area contributed by atoms with Crippen LogP contribution in [0.4, 0.5) is 5.69 Å². The first-order valence-corrected chi connectivity index (χ1v) is 4.51. The Morgan fingerprint density at radius 3 is 3.00 bits per heavy atom. The predicted molar refractivity (Wildman–Crippen MR) is 52.6 cm³/mol. The summed E-state index contributed by atoms with van der Waals surface area (Å²) in [5.41, 5.74) is 2.50. The molecular formula is C11H12NO. The van der Waals surface area contributed by atoms with Gasteiger partial charge in [0.15, 0.2) is 0 Å². The number of nitrogens with zero attached hydrogens (tertiary/aromatic N) is 1. The van der Waals surface area contributed by atoms with E-state index in [-0.39, 0.29) is 6.04 Å². The summed E-state index contributed by atoms with van der Waals surface area (Å²) < 4.78 is 0. The molecule has 0 spiro atoms. The summed E-state index contributed by atoms with van der Waals surface area (Å²) in [5, 5.41) is 0. The molecule has 0 saturated heterocycles. The third-order valence-electron chi connectivity index (χ3n) is 2.66. The van der Waals surface area contributed by atoms with Crippen LogP contribution in [0.3, 0.4) is 0 Å². The van der Waals surface area contributed by atoms with Gasteiger partial charge >= 0.3 is 0 Å². The van der Waals surface area contributed by atoms with E-state index in [1.54, 1.807) is 0 Å². The summed E-state index contributed by atoms with van der Waals surface area (Å²) in [5.74, 6) is 0. The van der Waals surface area contributed by atoms with E-state index in [9.17, 15) is 4.79 Å². The smallest absolute Gasteiger partial charge is 0.222 e. The van der Waals surface area contributed by atoms with Gasteiger partial charge in [0.2, 0.25) is 6.29 Å². The van der Waals surface area contributed by atoms with E-state index < -0.39 is 0 Å². The molecule has 0 bridgehead atoms. The zero-order chi connectivity index (χ0) is 9.26. The number of carbonyl (C=O) groups excluding carboxylic acids is 1. The van der Waals surface area contributed by atoms with Crippen molar-refractivity contribution < 1.29 is 4.79 Å². The molecule has 2 rings (SSSR count). The first-order valence-electron chi connectivity index (χ1n) is 4.51. The topological polar surface area (TPSA) is 20.3 Å². The molecule has 1 aromatic rings. The summed E-state index contributed by atoms with van der Waals surface area (Å²) in [6.07, 6.45) is 3.94. The number of hydrogen-bond donors (Lipinski definition) is 0. The lowest BCUT2D eigenvalue weighted by Crippen LogP contribution is -2.37. The molecule has 0 amide bonds. The molecule has 0 N–H and O–H groups in total. The van der Waals surface area contributed by atoms with Crippen molar-refractivity contribution in [1.82, 2.24) is 0 Å². The lowest BCUT2D eigenvalue weighted by molar-refractivity contribution is 0.526. The van der Waals surface area contributed by atoms with Crippen LogP contribution in [0.2, 0.25) is 0 Å². The highest BCUT2D eigenvalue weighted by molar-refractivity contribution is 5.69. The highest BCUT2D eigenvalue weighted by Gasteiger charge is 2.22. The fraction of sp³-hybridized carbons (Fsp3) is 0.364. The number of hydrogen-bond acceptors (Lipinski definition) is 2. The van der Waals surface area contributed by atoms with Crippen LogP contribution in [0.15, 0.2) is 24.3 Å². The summed E-state index contributed by atoms with van der Waals surface area (Å²) in [4.78, 5) is 12.6. The Hall–Kier alpha value is -1.31. The highest BCUT2D eigenvalue weighted by atomic mass is 16.1. The van der Waals surface area contributed by atoms with Crippen molar-refractivity contribution >= 4 is 12.0 Å². The van der Waals surface area contributed by atoms with E-state index in [0.29, 0.717) is 0 Å². The van der Waals surface area contributed by atoms with Gasteiger partial charge in [0, 0.05) is 12.7 Å². The molecular weight excluding hydrogens is 162 g/mol. The largest absolute Gasteiger partial charge is 0.364 e. The third kappa shape index (κ3) is 1.32. The number of rotatable bonds is 1. The SMILES string of the molecule is CN1c2ccccc2CCC1[C]=O. The van der Waals surface area contributed by atoms with Crippen molar-refractivity contribution in [2.24, 2.45) is 0 Å². The molecule has 1 radical (unpaired) electrons. The standard InChI is InChI=1S/C11H12NO/c1-12-10(8-13)7-6-9-4-2-3-5-11(9)12/h2-5,10H,6-7H2,1H3. The third-order valence-corrected chi connectivity index (χ3v) is 2.66. The van der Waals surface area contributed by atoms with E-state index in [4.69, 9.17) is 0 Å². The van der Waals surface area contributed by atoms with E-state index in [0.717, 1.165) is 12.8 Å². The number of benzene rings is 1. The number of anilines is 1. The Labute approximate surface area is 78.2 Å². The Balaban J connectivity index is 2.38. The van der Waals surface area contributed by atoms with Crippen molar-refractivity contribution in [2.45, 2.75) is 18.9 Å². The average molecular weight is 174 g/mol. The predicted octanol–water partition coefficient (Wildman–Crippen LogP) is 1.55. The van der Waals surface area contributed by atoms with Crippen LogP contribution in [0, 0.1) is 0 Å². The van der Waals surface area contributed by atoms with Crippen LogP contribution in [-0.2, 0) is 11.2 Å². The van der Waals surface area contributed by atoms with Gasteiger partial charge in [0.25, 0.3) is 0 Å². The maximum Gasteiger partial charge on any atom is 0.222 e. The van der Waals surface area contributed by atoms with E-state index in [1.807, 2.05) is 24.1 Å². The van der Waals surface area contributed by atoms with Crippen LogP contribution in [0.5, 0.6) is 0 Å². The highest BCUT2D eigenvalue weighted by Crippen LogP contribution is 2.27. The van der Waals surface area contributed by atoms with Crippen LogP contribution < -0.4 is 4.90 Å². The number of fused-ring (bicyclic) bond motifs is 1. The van der Waals surface area contributed by atoms with Gasteiger partial charge in [-0.2, -0.15) is 0 Å². The van der Waals surface area contributed by atoms with Gasteiger partial charge < -0.3 is 4.90 Å². The Morgan fingerprint density at radius 1 is 1.46 bits per heavy atom. The maximum atomic E-state index is 10.6. The molecule has 1 unspecified atom stereocenters. The summed E-state index contributed by atoms with van der Waals surface area (Å²) >= 11 is 0. The van der Waals surface area contributed by atoms with Crippen LogP contribution >= 0.6 is 0 Å². The first kappa shape index (κ1) is 8.30. The minimum atomic E-state index is -0.0603. The molecule has 67 valence electrons. The van der Waals surface area contributed by atoms with Gasteiger partial charge in [0.05, 0.1) is 6.04 Å². The zero-order valence-electron chi connectivity index (χ0n) is 7.66. The maximum absolute atomic E-state index is 10.6. The van der Waals surface area contributed by atoms with E-state index in [1.165, 1.54) is 11.3 Å². The number of aryl methyl sites for hydroxylation is 1. The monoisotopic (exact) mass is 174 g/mol. The Bertz CT molecular complexity index is 322. The van der Waals surface area contributed by atoms with Crippen LogP contribution in [-0.4, -0.2) is 19.4 Å². The number of likely N-dealkylation sites (N-methyl/N-ethyl adjacent to an activating group) is 1. The molecule has 0 aliphatic carbocycles. The second kappa shape index (κ2) is 3.21. The molecule has 0 saturated carbocycles. The quantitative estimate of drug-likeness (QED) is 0.643. The lowest BCUT2D eigenvalue weighted by atomic mass is 9.97. The molecule has 2 nitrogen and oxygen atoms in total. The van der Waals surface area contributed by atoms with Crippen molar-refractivity contribution in [2.75, 3.05) is 11.9 Å². The Morgan fingerprint density at radius 2 is 2.23 bits per heavy atom. The molecule has 0 fully saturated rings. The molecule has 0 aromatic heterocycles. The molecule has 1 aliphatic rings. The normalized spacial score (nSPS) is 21.0. The van der Waals surface area contributed by atoms with E-state index >= 15 is 0 Å². The molecule has 2 heteroatoms. The van der Waals surface area contributed by atoms with Gasteiger partial charge in [-0.3, -0.25) is 4.79 Å². The van der Waals surface area contributed by atoms with Gasteiger partial charge in [-0.1, -0.05) is 18.2 Å². The van der Waals surface area contributed by atoms with Crippen LogP contribution in [0.1, 0.15) is 12.0 Å². The van der Waals surface area contributed by atoms with Gasteiger partial charge in [-0.05, 0) is 24.5 Å². The first-order chi connectivity index (χ1) is 6.33. The second-order valence-electron chi connectivity index (χ2n) is 3.41. The van der Waals surface area contributed by atoms with Crippen molar-refractivity contribution in [3.8, 4) is 0 Å².